The van der Waals surface area contributed by atoms with E-state index in [2.05, 4.69) is 30.1 Å². The van der Waals surface area contributed by atoms with Crippen molar-refractivity contribution < 1.29 is 9.53 Å². The van der Waals surface area contributed by atoms with E-state index in [1.54, 1.807) is 11.3 Å². The number of hydrogen-bond acceptors (Lipinski definition) is 4. The molecule has 2 fully saturated rings. The van der Waals surface area contributed by atoms with Gasteiger partial charge in [-0.2, -0.15) is 0 Å². The molecule has 6 heteroatoms. The molecule has 2 aliphatic rings. The van der Waals surface area contributed by atoms with Gasteiger partial charge in [0.25, 0.3) is 0 Å². The summed E-state index contributed by atoms with van der Waals surface area (Å²) in [5.41, 5.74) is 0. The topological polar surface area (TPSA) is 44.8 Å². The van der Waals surface area contributed by atoms with Crippen molar-refractivity contribution in [2.75, 3.05) is 26.2 Å². The fraction of sp³-hybridized carbons (Fsp3) is 0.706. The normalized spacial score (nSPS) is 29.0. The fourth-order valence-corrected chi connectivity index (χ4v) is 4.35. The van der Waals surface area contributed by atoms with E-state index in [-0.39, 0.29) is 18.2 Å². The maximum atomic E-state index is 12.5. The van der Waals surface area contributed by atoms with Gasteiger partial charge >= 0.3 is 6.03 Å². The van der Waals surface area contributed by atoms with Crippen LogP contribution in [0, 0.1) is 0 Å². The highest BCUT2D eigenvalue weighted by Crippen LogP contribution is 2.21. The summed E-state index contributed by atoms with van der Waals surface area (Å²) in [7, 11) is 0. The Bertz CT molecular complexity index is 498. The number of carbonyl (C=O) groups excluding carboxylic acids is 1. The van der Waals surface area contributed by atoms with E-state index in [1.165, 1.54) is 4.88 Å². The van der Waals surface area contributed by atoms with Crippen molar-refractivity contribution in [1.82, 2.24) is 15.1 Å². The molecule has 5 nitrogen and oxygen atoms in total. The van der Waals surface area contributed by atoms with Gasteiger partial charge in [-0.1, -0.05) is 6.07 Å². The SMILES string of the molecule is C[C@@H]1CN(C[C@@H]2CCCN2C(=O)NCc2cccs2)C[C@@H](C)O1. The van der Waals surface area contributed by atoms with E-state index >= 15 is 0 Å². The zero-order chi connectivity index (χ0) is 16.2. The van der Waals surface area contributed by atoms with Crippen molar-refractivity contribution in [3.63, 3.8) is 0 Å². The highest BCUT2D eigenvalue weighted by molar-refractivity contribution is 7.09. The molecule has 1 aromatic rings. The summed E-state index contributed by atoms with van der Waals surface area (Å²) in [5, 5.41) is 5.11. The van der Waals surface area contributed by atoms with Crippen LogP contribution in [0.25, 0.3) is 0 Å². The number of nitrogens with zero attached hydrogens (tertiary/aromatic N) is 2. The molecule has 0 aromatic carbocycles. The lowest BCUT2D eigenvalue weighted by molar-refractivity contribution is -0.0713. The molecule has 1 N–H and O–H groups in total. The Morgan fingerprint density at radius 1 is 1.39 bits per heavy atom. The molecule has 0 saturated carbocycles. The molecule has 3 heterocycles. The number of rotatable bonds is 4. The highest BCUT2D eigenvalue weighted by atomic mass is 32.1. The Kier molecular flexibility index (Phi) is 5.56. The van der Waals surface area contributed by atoms with E-state index in [9.17, 15) is 4.79 Å². The van der Waals surface area contributed by atoms with Crippen LogP contribution in [0.2, 0.25) is 0 Å². The Morgan fingerprint density at radius 2 is 2.17 bits per heavy atom. The molecule has 0 radical (unpaired) electrons. The number of morpholine rings is 1. The number of carbonyl (C=O) groups is 1. The first-order valence-electron chi connectivity index (χ1n) is 8.56. The van der Waals surface area contributed by atoms with Crippen molar-refractivity contribution in [2.45, 2.75) is 51.5 Å². The number of hydrogen-bond donors (Lipinski definition) is 1. The van der Waals surface area contributed by atoms with Crippen molar-refractivity contribution >= 4 is 17.4 Å². The van der Waals surface area contributed by atoms with Gasteiger partial charge in [-0.25, -0.2) is 4.79 Å². The van der Waals surface area contributed by atoms with Gasteiger partial charge in [0.2, 0.25) is 0 Å². The van der Waals surface area contributed by atoms with E-state index in [4.69, 9.17) is 4.74 Å². The molecule has 0 bridgehead atoms. The molecule has 0 aliphatic carbocycles. The maximum Gasteiger partial charge on any atom is 0.317 e. The first kappa shape index (κ1) is 16.7. The zero-order valence-corrected chi connectivity index (χ0v) is 14.8. The highest BCUT2D eigenvalue weighted by Gasteiger charge is 2.32. The molecule has 128 valence electrons. The van der Waals surface area contributed by atoms with Gasteiger partial charge < -0.3 is 15.0 Å². The van der Waals surface area contributed by atoms with Crippen LogP contribution in [0.1, 0.15) is 31.6 Å². The predicted molar refractivity (Wildman–Crippen MR) is 92.7 cm³/mol. The van der Waals surface area contributed by atoms with Gasteiger partial charge in [-0.3, -0.25) is 4.90 Å². The molecule has 3 rings (SSSR count). The van der Waals surface area contributed by atoms with Crippen LogP contribution in [0.5, 0.6) is 0 Å². The minimum absolute atomic E-state index is 0.0789. The molecule has 0 spiro atoms. The molecule has 2 aliphatic heterocycles. The fourth-order valence-electron chi connectivity index (χ4n) is 3.70. The third kappa shape index (κ3) is 4.46. The minimum atomic E-state index is 0.0789. The second kappa shape index (κ2) is 7.64. The number of urea groups is 1. The number of nitrogens with one attached hydrogen (secondary N) is 1. The molecular formula is C17H27N3O2S. The predicted octanol–water partition coefficient (Wildman–Crippen LogP) is 2.53. The summed E-state index contributed by atoms with van der Waals surface area (Å²) < 4.78 is 5.80. The van der Waals surface area contributed by atoms with Crippen molar-refractivity contribution in [3.8, 4) is 0 Å². The summed E-state index contributed by atoms with van der Waals surface area (Å²) in [5.74, 6) is 0. The summed E-state index contributed by atoms with van der Waals surface area (Å²) in [6, 6.07) is 4.49. The average Bonchev–Trinajstić information content (AvgIpc) is 3.15. The van der Waals surface area contributed by atoms with Gasteiger partial charge in [0.1, 0.15) is 0 Å². The quantitative estimate of drug-likeness (QED) is 0.918. The smallest absolute Gasteiger partial charge is 0.317 e. The molecular weight excluding hydrogens is 310 g/mol. The van der Waals surface area contributed by atoms with E-state index in [1.807, 2.05) is 16.3 Å². The molecule has 2 saturated heterocycles. The summed E-state index contributed by atoms with van der Waals surface area (Å²) >= 11 is 1.68. The van der Waals surface area contributed by atoms with Crippen molar-refractivity contribution in [2.24, 2.45) is 0 Å². The third-order valence-corrected chi connectivity index (χ3v) is 5.47. The standard InChI is InChI=1S/C17H27N3O2S/c1-13-10-19(11-14(2)22-13)12-15-5-3-7-20(15)17(21)18-9-16-6-4-8-23-16/h4,6,8,13-15H,3,5,7,9-12H2,1-2H3,(H,18,21)/t13-,14-,15+/m1/s1. The summed E-state index contributed by atoms with van der Waals surface area (Å²) in [4.78, 5) is 18.2. The monoisotopic (exact) mass is 337 g/mol. The van der Waals surface area contributed by atoms with Crippen LogP contribution >= 0.6 is 11.3 Å². The van der Waals surface area contributed by atoms with Crippen molar-refractivity contribution in [1.29, 1.82) is 0 Å². The van der Waals surface area contributed by atoms with Crippen molar-refractivity contribution in [3.05, 3.63) is 22.4 Å². The largest absolute Gasteiger partial charge is 0.373 e. The summed E-state index contributed by atoms with van der Waals surface area (Å²) in [6.45, 7) is 8.65. The Balaban J connectivity index is 1.51. The number of ether oxygens (including phenoxy) is 1. The Morgan fingerprint density at radius 3 is 2.87 bits per heavy atom. The van der Waals surface area contributed by atoms with Crippen LogP contribution in [0.3, 0.4) is 0 Å². The maximum absolute atomic E-state index is 12.5. The van der Waals surface area contributed by atoms with Gasteiger partial charge in [0.15, 0.2) is 0 Å². The lowest BCUT2D eigenvalue weighted by Crippen LogP contribution is -2.52. The first-order valence-corrected chi connectivity index (χ1v) is 9.44. The molecule has 1 aromatic heterocycles. The van der Waals surface area contributed by atoms with Crippen LogP contribution < -0.4 is 5.32 Å². The molecule has 2 amide bonds. The third-order valence-electron chi connectivity index (χ3n) is 4.60. The minimum Gasteiger partial charge on any atom is -0.373 e. The van der Waals surface area contributed by atoms with Crippen LogP contribution in [-0.2, 0) is 11.3 Å². The molecule has 3 atom stereocenters. The first-order chi connectivity index (χ1) is 11.1. The van der Waals surface area contributed by atoms with Gasteiger partial charge in [-0.05, 0) is 38.1 Å². The second-order valence-corrected chi connectivity index (χ2v) is 7.74. The van der Waals surface area contributed by atoms with E-state index in [0.717, 1.165) is 39.0 Å². The van der Waals surface area contributed by atoms with Crippen LogP contribution in [-0.4, -0.2) is 60.3 Å². The second-order valence-electron chi connectivity index (χ2n) is 6.70. The van der Waals surface area contributed by atoms with E-state index in [0.29, 0.717) is 12.6 Å². The number of amides is 2. The van der Waals surface area contributed by atoms with Crippen LogP contribution in [0.15, 0.2) is 17.5 Å². The molecule has 0 unspecified atom stereocenters. The summed E-state index contributed by atoms with van der Waals surface area (Å²) in [6.07, 6.45) is 2.77. The Hall–Kier alpha value is -1.11. The van der Waals surface area contributed by atoms with Gasteiger partial charge in [-0.15, -0.1) is 11.3 Å². The van der Waals surface area contributed by atoms with Gasteiger partial charge in [0.05, 0.1) is 18.8 Å². The average molecular weight is 337 g/mol. The lowest BCUT2D eigenvalue weighted by Gasteiger charge is -2.38. The van der Waals surface area contributed by atoms with Crippen LogP contribution in [0.4, 0.5) is 4.79 Å². The van der Waals surface area contributed by atoms with E-state index < -0.39 is 0 Å². The number of thiophene rings is 1. The number of likely N-dealkylation sites (tertiary alicyclic amines) is 1. The van der Waals surface area contributed by atoms with Gasteiger partial charge in [0, 0.05) is 37.1 Å². The lowest BCUT2D eigenvalue weighted by atomic mass is 10.1. The Labute approximate surface area is 142 Å². The zero-order valence-electron chi connectivity index (χ0n) is 14.0. The molecule has 23 heavy (non-hydrogen) atoms.